The Morgan fingerprint density at radius 1 is 1.16 bits per heavy atom. The Kier molecular flexibility index (Phi) is 5.74. The van der Waals surface area contributed by atoms with Crippen LogP contribution in [0.4, 0.5) is 9.59 Å². The maximum Gasteiger partial charge on any atom is 0.325 e. The lowest BCUT2D eigenvalue weighted by molar-refractivity contribution is -0.135. The number of hydrogen-bond donors (Lipinski definition) is 3. The highest BCUT2D eigenvalue weighted by Crippen LogP contribution is 2.32. The molecular weight excluding hydrogens is 324 g/mol. The van der Waals surface area contributed by atoms with E-state index < -0.39 is 36.0 Å². The second kappa shape index (κ2) is 7.78. The SMILES string of the molecule is CCCNC(=O)NC(=O)CN1C(=O)N[C@@](CC)(c2ccccc2)C1=O. The van der Waals surface area contributed by atoms with Gasteiger partial charge >= 0.3 is 12.1 Å². The lowest BCUT2D eigenvalue weighted by Gasteiger charge is -2.25. The van der Waals surface area contributed by atoms with Gasteiger partial charge < -0.3 is 10.6 Å². The standard InChI is InChI=1S/C17H22N4O4/c1-3-10-18-15(24)19-13(22)11-21-14(23)17(4-2,20-16(21)25)12-8-6-5-7-9-12/h5-9H,3-4,10-11H2,1-2H3,(H,20,25)(H2,18,19,22,24)/t17-/m0/s1. The van der Waals surface area contributed by atoms with E-state index >= 15 is 0 Å². The molecule has 134 valence electrons. The lowest BCUT2D eigenvalue weighted by atomic mass is 9.87. The lowest BCUT2D eigenvalue weighted by Crippen LogP contribution is -2.47. The van der Waals surface area contributed by atoms with Gasteiger partial charge in [-0.1, -0.05) is 44.2 Å². The minimum absolute atomic E-state index is 0.344. The molecule has 0 unspecified atom stereocenters. The van der Waals surface area contributed by atoms with E-state index in [-0.39, 0.29) is 0 Å². The Bertz CT molecular complexity index is 676. The first kappa shape index (κ1) is 18.4. The Morgan fingerprint density at radius 3 is 2.44 bits per heavy atom. The molecule has 1 heterocycles. The Balaban J connectivity index is 2.10. The van der Waals surface area contributed by atoms with Gasteiger partial charge in [-0.05, 0) is 18.4 Å². The third-order valence-electron chi connectivity index (χ3n) is 4.06. The van der Waals surface area contributed by atoms with Gasteiger partial charge in [0.2, 0.25) is 5.91 Å². The number of benzene rings is 1. The van der Waals surface area contributed by atoms with Gasteiger partial charge in [-0.3, -0.25) is 19.8 Å². The van der Waals surface area contributed by atoms with Crippen molar-refractivity contribution in [3.63, 3.8) is 0 Å². The molecular formula is C17H22N4O4. The number of imide groups is 2. The maximum absolute atomic E-state index is 12.8. The van der Waals surface area contributed by atoms with Gasteiger partial charge in [-0.25, -0.2) is 9.59 Å². The van der Waals surface area contributed by atoms with Crippen LogP contribution in [0.3, 0.4) is 0 Å². The van der Waals surface area contributed by atoms with Crippen LogP contribution in [0.5, 0.6) is 0 Å². The van der Waals surface area contributed by atoms with Crippen molar-refractivity contribution in [2.75, 3.05) is 13.1 Å². The van der Waals surface area contributed by atoms with Crippen molar-refractivity contribution in [2.24, 2.45) is 0 Å². The van der Waals surface area contributed by atoms with Crippen molar-refractivity contribution in [2.45, 2.75) is 32.2 Å². The van der Waals surface area contributed by atoms with Crippen molar-refractivity contribution in [3.05, 3.63) is 35.9 Å². The molecule has 1 aromatic carbocycles. The third-order valence-corrected chi connectivity index (χ3v) is 4.06. The smallest absolute Gasteiger partial charge is 0.325 e. The van der Waals surface area contributed by atoms with E-state index in [4.69, 9.17) is 0 Å². The topological polar surface area (TPSA) is 108 Å². The fourth-order valence-electron chi connectivity index (χ4n) is 2.72. The monoisotopic (exact) mass is 346 g/mol. The number of carbonyl (C=O) groups excluding carboxylic acids is 4. The van der Waals surface area contributed by atoms with E-state index in [1.165, 1.54) is 0 Å². The first-order valence-electron chi connectivity index (χ1n) is 8.22. The van der Waals surface area contributed by atoms with Crippen LogP contribution in [-0.2, 0) is 15.1 Å². The first-order valence-corrected chi connectivity index (χ1v) is 8.22. The normalized spacial score (nSPS) is 19.5. The summed E-state index contributed by atoms with van der Waals surface area (Å²) in [5.74, 6) is -1.23. The number of nitrogens with zero attached hydrogens (tertiary/aromatic N) is 1. The Labute approximate surface area is 145 Å². The van der Waals surface area contributed by atoms with E-state index in [9.17, 15) is 19.2 Å². The van der Waals surface area contributed by atoms with Gasteiger partial charge in [-0.2, -0.15) is 0 Å². The third kappa shape index (κ3) is 3.78. The molecule has 0 saturated carbocycles. The van der Waals surface area contributed by atoms with Gasteiger partial charge in [0.15, 0.2) is 0 Å². The molecule has 2 rings (SSSR count). The van der Waals surface area contributed by atoms with Crippen LogP contribution in [0.25, 0.3) is 0 Å². The van der Waals surface area contributed by atoms with Gasteiger partial charge in [0, 0.05) is 6.54 Å². The molecule has 0 aliphatic carbocycles. The molecule has 1 aliphatic rings. The number of amides is 6. The highest BCUT2D eigenvalue weighted by atomic mass is 16.2. The van der Waals surface area contributed by atoms with Crippen LogP contribution in [-0.4, -0.2) is 41.9 Å². The number of rotatable bonds is 6. The van der Waals surface area contributed by atoms with Crippen molar-refractivity contribution in [3.8, 4) is 0 Å². The molecule has 8 heteroatoms. The second-order valence-corrected chi connectivity index (χ2v) is 5.75. The molecule has 3 N–H and O–H groups in total. The van der Waals surface area contributed by atoms with Crippen LogP contribution in [0.2, 0.25) is 0 Å². The van der Waals surface area contributed by atoms with Crippen molar-refractivity contribution >= 4 is 23.9 Å². The molecule has 8 nitrogen and oxygen atoms in total. The van der Waals surface area contributed by atoms with Crippen LogP contribution in [0.15, 0.2) is 30.3 Å². The summed E-state index contributed by atoms with van der Waals surface area (Å²) < 4.78 is 0. The molecule has 1 aliphatic heterocycles. The van der Waals surface area contributed by atoms with Gasteiger partial charge in [0.05, 0.1) is 0 Å². The minimum Gasteiger partial charge on any atom is -0.338 e. The highest BCUT2D eigenvalue weighted by Gasteiger charge is 2.51. The van der Waals surface area contributed by atoms with Gasteiger partial charge in [-0.15, -0.1) is 0 Å². The fraction of sp³-hybridized carbons (Fsp3) is 0.412. The number of hydrogen-bond acceptors (Lipinski definition) is 4. The minimum atomic E-state index is -1.19. The van der Waals surface area contributed by atoms with Crippen LogP contribution < -0.4 is 16.0 Å². The molecule has 0 spiro atoms. The van der Waals surface area contributed by atoms with Crippen molar-refractivity contribution in [1.82, 2.24) is 20.9 Å². The molecule has 6 amide bonds. The average molecular weight is 346 g/mol. The van der Waals surface area contributed by atoms with E-state index in [2.05, 4.69) is 16.0 Å². The summed E-state index contributed by atoms with van der Waals surface area (Å²) >= 11 is 0. The summed E-state index contributed by atoms with van der Waals surface area (Å²) in [6.45, 7) is 3.57. The molecule has 0 radical (unpaired) electrons. The van der Waals surface area contributed by atoms with E-state index in [1.807, 2.05) is 13.0 Å². The summed E-state index contributed by atoms with van der Waals surface area (Å²) in [7, 11) is 0. The molecule has 0 bridgehead atoms. The van der Waals surface area contributed by atoms with Gasteiger partial charge in [0.1, 0.15) is 12.1 Å². The molecule has 0 aromatic heterocycles. The Hall–Kier alpha value is -2.90. The summed E-state index contributed by atoms with van der Waals surface area (Å²) in [6.07, 6.45) is 1.07. The molecule has 1 saturated heterocycles. The molecule has 1 atom stereocenters. The van der Waals surface area contributed by atoms with E-state index in [0.29, 0.717) is 18.5 Å². The summed E-state index contributed by atoms with van der Waals surface area (Å²) in [5.41, 5.74) is -0.539. The van der Waals surface area contributed by atoms with Crippen LogP contribution >= 0.6 is 0 Å². The predicted octanol–water partition coefficient (Wildman–Crippen LogP) is 1.08. The number of carbonyl (C=O) groups is 4. The van der Waals surface area contributed by atoms with Crippen molar-refractivity contribution < 1.29 is 19.2 Å². The largest absolute Gasteiger partial charge is 0.338 e. The highest BCUT2D eigenvalue weighted by molar-refractivity contribution is 6.10. The number of urea groups is 2. The Morgan fingerprint density at radius 2 is 1.84 bits per heavy atom. The average Bonchev–Trinajstić information content (AvgIpc) is 2.85. The summed E-state index contributed by atoms with van der Waals surface area (Å²) in [4.78, 5) is 49.4. The van der Waals surface area contributed by atoms with Crippen LogP contribution in [0, 0.1) is 0 Å². The zero-order chi connectivity index (χ0) is 18.4. The first-order chi connectivity index (χ1) is 11.9. The number of nitrogens with one attached hydrogen (secondary N) is 3. The fourth-order valence-corrected chi connectivity index (χ4v) is 2.72. The predicted molar refractivity (Wildman–Crippen MR) is 90.5 cm³/mol. The zero-order valence-corrected chi connectivity index (χ0v) is 14.3. The van der Waals surface area contributed by atoms with E-state index in [1.54, 1.807) is 31.2 Å². The quantitative estimate of drug-likeness (QED) is 0.670. The summed E-state index contributed by atoms with van der Waals surface area (Å²) in [5, 5.41) is 7.28. The summed E-state index contributed by atoms with van der Waals surface area (Å²) in [6, 6.07) is 7.57. The van der Waals surface area contributed by atoms with E-state index in [0.717, 1.165) is 11.3 Å². The molecule has 1 aromatic rings. The van der Waals surface area contributed by atoms with Crippen molar-refractivity contribution in [1.29, 1.82) is 0 Å². The second-order valence-electron chi connectivity index (χ2n) is 5.75. The maximum atomic E-state index is 12.8. The molecule has 25 heavy (non-hydrogen) atoms. The van der Waals surface area contributed by atoms with Gasteiger partial charge in [0.25, 0.3) is 5.91 Å². The van der Waals surface area contributed by atoms with Crippen LogP contribution in [0.1, 0.15) is 32.3 Å². The zero-order valence-electron chi connectivity index (χ0n) is 14.3. The molecule has 1 fully saturated rings.